The number of carbonyl (C=O) groups is 1. The van der Waals surface area contributed by atoms with Crippen LogP contribution in [0.4, 0.5) is 0 Å². The van der Waals surface area contributed by atoms with Gasteiger partial charge in [0.25, 0.3) is 0 Å². The van der Waals surface area contributed by atoms with Crippen molar-refractivity contribution in [1.29, 1.82) is 0 Å². The van der Waals surface area contributed by atoms with Gasteiger partial charge >= 0.3 is 5.97 Å². The molecule has 3 heteroatoms. The maximum absolute atomic E-state index is 10.7. The molecular weight excluding hydrogens is 288 g/mol. The lowest BCUT2D eigenvalue weighted by atomic mass is 9.61. The van der Waals surface area contributed by atoms with Gasteiger partial charge in [0.1, 0.15) is 11.5 Å². The standard InChI is InChI=1S/C20H20O3/c1-20(11-10-19(21)22)13-16(14-20)15-6-5-9-18(12-15)23-17-7-3-2-4-8-17/h2-12,16H,13-14H2,1H3,(H,21,22)/b11-10+/t16-,20+. The Labute approximate surface area is 136 Å². The lowest BCUT2D eigenvalue weighted by Gasteiger charge is -2.43. The molecule has 1 N–H and O–H groups in total. The molecule has 0 aliphatic heterocycles. The summed E-state index contributed by atoms with van der Waals surface area (Å²) in [6.07, 6.45) is 5.00. The second kappa shape index (κ2) is 6.29. The molecule has 3 rings (SSSR count). The van der Waals surface area contributed by atoms with Gasteiger partial charge in [-0.25, -0.2) is 4.79 Å². The van der Waals surface area contributed by atoms with Crippen LogP contribution in [0.25, 0.3) is 0 Å². The van der Waals surface area contributed by atoms with Crippen LogP contribution in [0.5, 0.6) is 11.5 Å². The first kappa shape index (κ1) is 15.3. The Balaban J connectivity index is 1.66. The molecular formula is C20H20O3. The van der Waals surface area contributed by atoms with Crippen LogP contribution in [0.1, 0.15) is 31.2 Å². The zero-order chi connectivity index (χ0) is 16.3. The van der Waals surface area contributed by atoms with Crippen molar-refractivity contribution < 1.29 is 14.6 Å². The fourth-order valence-electron chi connectivity index (χ4n) is 3.17. The highest BCUT2D eigenvalue weighted by molar-refractivity contribution is 5.79. The van der Waals surface area contributed by atoms with E-state index >= 15 is 0 Å². The monoisotopic (exact) mass is 308 g/mol. The van der Waals surface area contributed by atoms with Crippen LogP contribution in [0.3, 0.4) is 0 Å². The maximum atomic E-state index is 10.7. The van der Waals surface area contributed by atoms with E-state index in [1.54, 1.807) is 0 Å². The summed E-state index contributed by atoms with van der Waals surface area (Å²) in [5, 5.41) is 8.75. The first-order chi connectivity index (χ1) is 11.0. The fraction of sp³-hybridized carbons (Fsp3) is 0.250. The average molecular weight is 308 g/mol. The number of aliphatic carboxylic acids is 1. The SMILES string of the molecule is C[C@]1(/C=C/C(=O)O)C[C@@H](c2cccc(Oc3ccccc3)c2)C1. The number of carboxylic acid groups (broad SMARTS) is 1. The summed E-state index contributed by atoms with van der Waals surface area (Å²) in [7, 11) is 0. The highest BCUT2D eigenvalue weighted by atomic mass is 16.5. The molecule has 0 bridgehead atoms. The van der Waals surface area contributed by atoms with Crippen LogP contribution < -0.4 is 4.74 Å². The average Bonchev–Trinajstić information content (AvgIpc) is 2.51. The lowest BCUT2D eigenvalue weighted by molar-refractivity contribution is -0.131. The topological polar surface area (TPSA) is 46.5 Å². The van der Waals surface area contributed by atoms with Gasteiger partial charge in [0, 0.05) is 6.08 Å². The van der Waals surface area contributed by atoms with E-state index in [9.17, 15) is 4.79 Å². The number of para-hydroxylation sites is 1. The Morgan fingerprint density at radius 3 is 2.52 bits per heavy atom. The predicted octanol–water partition coefficient (Wildman–Crippen LogP) is 5.00. The molecule has 118 valence electrons. The van der Waals surface area contributed by atoms with Crippen molar-refractivity contribution in [3.63, 3.8) is 0 Å². The molecule has 3 nitrogen and oxygen atoms in total. The van der Waals surface area contributed by atoms with Gasteiger partial charge in [-0.15, -0.1) is 0 Å². The van der Waals surface area contributed by atoms with Crippen molar-refractivity contribution >= 4 is 5.97 Å². The van der Waals surface area contributed by atoms with Crippen LogP contribution in [0.15, 0.2) is 66.7 Å². The number of carboxylic acids is 1. The third kappa shape index (κ3) is 3.81. The predicted molar refractivity (Wildman–Crippen MR) is 89.8 cm³/mol. The largest absolute Gasteiger partial charge is 0.478 e. The van der Waals surface area contributed by atoms with Gasteiger partial charge in [0.2, 0.25) is 0 Å². The van der Waals surface area contributed by atoms with E-state index in [1.165, 1.54) is 11.6 Å². The molecule has 0 atom stereocenters. The Kier molecular flexibility index (Phi) is 4.20. The van der Waals surface area contributed by atoms with Gasteiger partial charge in [-0.2, -0.15) is 0 Å². The molecule has 0 spiro atoms. The van der Waals surface area contributed by atoms with Crippen LogP contribution in [-0.4, -0.2) is 11.1 Å². The molecule has 1 aliphatic rings. The van der Waals surface area contributed by atoms with Crippen molar-refractivity contribution in [2.24, 2.45) is 5.41 Å². The molecule has 2 aromatic rings. The van der Waals surface area contributed by atoms with E-state index < -0.39 is 5.97 Å². The molecule has 23 heavy (non-hydrogen) atoms. The number of hydrogen-bond donors (Lipinski definition) is 1. The quantitative estimate of drug-likeness (QED) is 0.790. The van der Waals surface area contributed by atoms with E-state index in [0.717, 1.165) is 24.3 Å². The number of benzene rings is 2. The number of rotatable bonds is 5. The van der Waals surface area contributed by atoms with E-state index in [-0.39, 0.29) is 5.41 Å². The third-order valence-electron chi connectivity index (χ3n) is 4.36. The van der Waals surface area contributed by atoms with Crippen LogP contribution in [-0.2, 0) is 4.79 Å². The van der Waals surface area contributed by atoms with E-state index in [2.05, 4.69) is 19.1 Å². The molecule has 0 unspecified atom stereocenters. The van der Waals surface area contributed by atoms with Gasteiger partial charge in [-0.3, -0.25) is 0 Å². The lowest BCUT2D eigenvalue weighted by Crippen LogP contribution is -2.31. The molecule has 1 saturated carbocycles. The normalized spacial score (nSPS) is 23.4. The zero-order valence-electron chi connectivity index (χ0n) is 13.1. The molecule has 0 amide bonds. The Hall–Kier alpha value is -2.55. The Morgan fingerprint density at radius 2 is 1.83 bits per heavy atom. The minimum Gasteiger partial charge on any atom is -0.478 e. The van der Waals surface area contributed by atoms with Crippen molar-refractivity contribution in [3.05, 3.63) is 72.3 Å². The number of ether oxygens (including phenoxy) is 1. The molecule has 1 aliphatic carbocycles. The first-order valence-electron chi connectivity index (χ1n) is 7.79. The summed E-state index contributed by atoms with van der Waals surface area (Å²) >= 11 is 0. The highest BCUT2D eigenvalue weighted by Crippen LogP contribution is 2.52. The molecule has 0 radical (unpaired) electrons. The molecule has 0 saturated heterocycles. The van der Waals surface area contributed by atoms with Crippen molar-refractivity contribution in [3.8, 4) is 11.5 Å². The number of allylic oxidation sites excluding steroid dienone is 1. The summed E-state index contributed by atoms with van der Waals surface area (Å²) in [5.41, 5.74) is 1.24. The second-order valence-electron chi connectivity index (χ2n) is 6.42. The van der Waals surface area contributed by atoms with Gasteiger partial charge in [0.15, 0.2) is 0 Å². The van der Waals surface area contributed by atoms with Gasteiger partial charge in [-0.1, -0.05) is 43.3 Å². The minimum absolute atomic E-state index is 0.0145. The van der Waals surface area contributed by atoms with Crippen molar-refractivity contribution in [2.45, 2.75) is 25.7 Å². The first-order valence-corrected chi connectivity index (χ1v) is 7.79. The molecule has 1 fully saturated rings. The Bertz CT molecular complexity index is 713. The van der Waals surface area contributed by atoms with Gasteiger partial charge < -0.3 is 9.84 Å². The van der Waals surface area contributed by atoms with Crippen molar-refractivity contribution in [1.82, 2.24) is 0 Å². The fourth-order valence-corrected chi connectivity index (χ4v) is 3.17. The van der Waals surface area contributed by atoms with Crippen LogP contribution >= 0.6 is 0 Å². The maximum Gasteiger partial charge on any atom is 0.327 e. The van der Waals surface area contributed by atoms with E-state index in [1.807, 2.05) is 48.5 Å². The Morgan fingerprint density at radius 1 is 1.13 bits per heavy atom. The molecule has 2 aromatic carbocycles. The van der Waals surface area contributed by atoms with Gasteiger partial charge in [-0.05, 0) is 54.0 Å². The third-order valence-corrected chi connectivity index (χ3v) is 4.36. The summed E-state index contributed by atoms with van der Waals surface area (Å²) in [5.74, 6) is 1.24. The van der Waals surface area contributed by atoms with Crippen LogP contribution in [0, 0.1) is 5.41 Å². The smallest absolute Gasteiger partial charge is 0.327 e. The van der Waals surface area contributed by atoms with Crippen LogP contribution in [0.2, 0.25) is 0 Å². The summed E-state index contributed by atoms with van der Waals surface area (Å²) in [4.78, 5) is 10.7. The highest BCUT2D eigenvalue weighted by Gasteiger charge is 2.39. The molecule has 0 aromatic heterocycles. The van der Waals surface area contributed by atoms with Crippen molar-refractivity contribution in [2.75, 3.05) is 0 Å². The summed E-state index contributed by atoms with van der Waals surface area (Å²) in [6, 6.07) is 17.9. The number of hydrogen-bond acceptors (Lipinski definition) is 2. The molecule has 0 heterocycles. The summed E-state index contributed by atoms with van der Waals surface area (Å²) < 4.78 is 5.88. The summed E-state index contributed by atoms with van der Waals surface area (Å²) in [6.45, 7) is 2.10. The minimum atomic E-state index is -0.882. The zero-order valence-corrected chi connectivity index (χ0v) is 13.1. The van der Waals surface area contributed by atoms with Gasteiger partial charge in [0.05, 0.1) is 0 Å². The van der Waals surface area contributed by atoms with E-state index in [0.29, 0.717) is 5.92 Å². The second-order valence-corrected chi connectivity index (χ2v) is 6.42. The van der Waals surface area contributed by atoms with E-state index in [4.69, 9.17) is 9.84 Å².